The van der Waals surface area contributed by atoms with Crippen LogP contribution in [-0.4, -0.2) is 203 Å². The molecular formula is C35H48I6N6O17. The standard InChI is InChI=1S/C35H48I6N6O17/c1-3-18(55)42-46(32(61)22-24(36)20(26(38)28(57)34(22,40)63)30(59)44(5-7-48)9-16(53)13-50)11-15(52)12-47(43-19(56)4-2)33(62)23-25(37)21(27(39)29(58)35(23,41)64)31(60)45(6-8-49)10-17(54)14-51/h15-17,22-23,48-54,57-58,63-64H,3-14H2,1-2H3,(H,42,55)(H,43,56). The normalized spacial score (nSPS) is 22.8. The number of nitrogens with one attached hydrogen (secondary N) is 2. The maximum absolute atomic E-state index is 14.5. The maximum Gasteiger partial charge on any atom is 0.256 e. The molecule has 0 bridgehead atoms. The summed E-state index contributed by atoms with van der Waals surface area (Å²) in [5, 5.41) is 117. The molecule has 64 heavy (non-hydrogen) atoms. The predicted octanol–water partition coefficient (Wildman–Crippen LogP) is -1.47. The molecule has 0 saturated heterocycles. The van der Waals surface area contributed by atoms with E-state index in [0.29, 0.717) is 10.0 Å². The average molecular weight is 1590 g/mol. The van der Waals surface area contributed by atoms with Gasteiger partial charge in [-0.05, 0) is 136 Å². The minimum atomic E-state index is -2.50. The highest BCUT2D eigenvalue weighted by Gasteiger charge is 2.55. The van der Waals surface area contributed by atoms with Crippen LogP contribution in [0.2, 0.25) is 0 Å². The summed E-state index contributed by atoms with van der Waals surface area (Å²) in [6, 6.07) is 0. The molecule has 0 spiro atoms. The number of carbonyl (C=O) groups excluding carboxylic acids is 6. The molecule has 2 aliphatic rings. The fraction of sp³-hybridized carbons (Fsp3) is 0.600. The van der Waals surface area contributed by atoms with E-state index in [1.807, 2.05) is 0 Å². The van der Waals surface area contributed by atoms with E-state index in [1.165, 1.54) is 59.0 Å². The quantitative estimate of drug-likeness (QED) is 0.0376. The van der Waals surface area contributed by atoms with Crippen LogP contribution in [0.1, 0.15) is 26.7 Å². The van der Waals surface area contributed by atoms with Crippen molar-refractivity contribution >= 4 is 171 Å². The highest BCUT2D eigenvalue weighted by atomic mass is 127. The minimum Gasteiger partial charge on any atom is -0.507 e. The van der Waals surface area contributed by atoms with Crippen molar-refractivity contribution < 1.29 is 84.9 Å². The van der Waals surface area contributed by atoms with Crippen LogP contribution in [0.3, 0.4) is 0 Å². The number of carbonyl (C=O) groups is 6. The Kier molecular flexibility index (Phi) is 24.6. The molecule has 0 aromatic heterocycles. The summed E-state index contributed by atoms with van der Waals surface area (Å²) < 4.78 is -5.83. The van der Waals surface area contributed by atoms with E-state index in [4.69, 9.17) is 0 Å². The van der Waals surface area contributed by atoms with E-state index in [1.54, 1.807) is 90.4 Å². The number of aliphatic hydroxyl groups excluding tert-OH is 9. The number of halogens is 6. The van der Waals surface area contributed by atoms with Crippen LogP contribution >= 0.6 is 136 Å². The van der Waals surface area contributed by atoms with Crippen molar-refractivity contribution in [2.75, 3.05) is 65.7 Å². The van der Waals surface area contributed by atoms with E-state index in [9.17, 15) is 84.9 Å². The monoisotopic (exact) mass is 1590 g/mol. The summed E-state index contributed by atoms with van der Waals surface area (Å²) in [4.78, 5) is 84.4. The van der Waals surface area contributed by atoms with Gasteiger partial charge in [0.1, 0.15) is 23.4 Å². The maximum atomic E-state index is 14.5. The number of aliphatic hydroxyl groups is 11. The van der Waals surface area contributed by atoms with Gasteiger partial charge in [-0.2, -0.15) is 0 Å². The molecule has 29 heteroatoms. The van der Waals surface area contributed by atoms with Gasteiger partial charge in [-0.25, -0.2) is 0 Å². The molecule has 6 atom stereocenters. The largest absolute Gasteiger partial charge is 0.507 e. The van der Waals surface area contributed by atoms with Crippen LogP contribution in [0.25, 0.3) is 0 Å². The van der Waals surface area contributed by atoms with E-state index in [2.05, 4.69) is 10.9 Å². The molecule has 23 nitrogen and oxygen atoms in total. The van der Waals surface area contributed by atoms with E-state index in [-0.39, 0.29) is 51.4 Å². The fourth-order valence-electron chi connectivity index (χ4n) is 5.95. The van der Waals surface area contributed by atoms with Gasteiger partial charge in [-0.15, -0.1) is 0 Å². The van der Waals surface area contributed by atoms with E-state index < -0.39 is 137 Å². The van der Waals surface area contributed by atoms with Gasteiger partial charge in [0.05, 0.1) is 76.1 Å². The lowest BCUT2D eigenvalue weighted by atomic mass is 9.89. The van der Waals surface area contributed by atoms with E-state index >= 15 is 0 Å². The smallest absolute Gasteiger partial charge is 0.256 e. The SMILES string of the molecule is CCC(=O)NN(CC(O)CN(NC(=O)CC)C(=O)C1C(I)=C(C(=O)N(CCO)CC(O)CO)C(I)=C(O)C1(O)I)C(=O)C1C(I)=C(C(=O)N(CCO)CC(O)CO)C(I)=C(O)C1(O)I. The Morgan fingerprint density at radius 2 is 0.906 bits per heavy atom. The summed E-state index contributed by atoms with van der Waals surface area (Å²) >= 11 is 8.98. The first-order valence-electron chi connectivity index (χ1n) is 18.8. The highest BCUT2D eigenvalue weighted by molar-refractivity contribution is 14.1. The summed E-state index contributed by atoms with van der Waals surface area (Å²) in [5.41, 5.74) is 3.90. The third-order valence-electron chi connectivity index (χ3n) is 9.27. The molecule has 2 rings (SSSR count). The van der Waals surface area contributed by atoms with Gasteiger partial charge in [-0.3, -0.25) is 49.6 Å². The molecule has 2 aliphatic carbocycles. The average Bonchev–Trinajstić information content (AvgIpc) is 3.23. The molecule has 0 fully saturated rings. The van der Waals surface area contributed by atoms with Crippen LogP contribution in [0.15, 0.2) is 37.0 Å². The first-order valence-corrected chi connectivity index (χ1v) is 25.3. The number of hydrogen-bond acceptors (Lipinski definition) is 17. The molecule has 13 N–H and O–H groups in total. The molecule has 0 radical (unpaired) electrons. The van der Waals surface area contributed by atoms with Gasteiger partial charge in [-0.1, -0.05) is 13.8 Å². The minimum absolute atomic E-state index is 0.193. The predicted molar refractivity (Wildman–Crippen MR) is 274 cm³/mol. The lowest BCUT2D eigenvalue weighted by Crippen LogP contribution is -2.59. The Morgan fingerprint density at radius 1 is 0.594 bits per heavy atom. The van der Waals surface area contributed by atoms with E-state index in [0.717, 1.165) is 9.80 Å². The zero-order valence-electron chi connectivity index (χ0n) is 33.8. The Morgan fingerprint density at radius 3 is 1.17 bits per heavy atom. The van der Waals surface area contributed by atoms with Crippen LogP contribution in [0, 0.1) is 11.8 Å². The number of hydrogen-bond donors (Lipinski definition) is 13. The molecule has 6 unspecified atom stereocenters. The fourth-order valence-corrected chi connectivity index (χ4v) is 15.2. The third-order valence-corrected chi connectivity index (χ3v) is 16.0. The second-order valence-corrected chi connectivity index (χ2v) is 21.7. The second kappa shape index (κ2) is 26.4. The third kappa shape index (κ3) is 14.2. The molecule has 0 saturated carbocycles. The van der Waals surface area contributed by atoms with Crippen LogP contribution in [-0.2, 0) is 28.8 Å². The van der Waals surface area contributed by atoms with Crippen LogP contribution in [0.5, 0.6) is 0 Å². The summed E-state index contributed by atoms with van der Waals surface area (Å²) in [7, 11) is 0. The lowest BCUT2D eigenvalue weighted by Gasteiger charge is -2.40. The van der Waals surface area contributed by atoms with Crippen molar-refractivity contribution in [3.63, 3.8) is 0 Å². The van der Waals surface area contributed by atoms with Crippen molar-refractivity contribution in [3.8, 4) is 0 Å². The first-order chi connectivity index (χ1) is 29.7. The molecule has 6 amide bonds. The first kappa shape index (κ1) is 59.5. The van der Waals surface area contributed by atoms with Crippen molar-refractivity contribution in [2.24, 2.45) is 11.8 Å². The second-order valence-electron chi connectivity index (χ2n) is 13.9. The Labute approximate surface area is 448 Å². The van der Waals surface area contributed by atoms with Crippen molar-refractivity contribution in [1.29, 1.82) is 0 Å². The van der Waals surface area contributed by atoms with Crippen molar-refractivity contribution in [1.82, 2.24) is 30.7 Å². The van der Waals surface area contributed by atoms with Crippen molar-refractivity contribution in [3.05, 3.63) is 37.0 Å². The molecular weight excluding hydrogens is 1540 g/mol. The lowest BCUT2D eigenvalue weighted by molar-refractivity contribution is -0.151. The number of alkyl halides is 2. The summed E-state index contributed by atoms with van der Waals surface area (Å²) in [5.74, 6) is -11.4. The Bertz CT molecular complexity index is 1780. The van der Waals surface area contributed by atoms with Gasteiger partial charge in [0, 0.05) is 46.2 Å². The van der Waals surface area contributed by atoms with Gasteiger partial charge in [0.25, 0.3) is 23.6 Å². The van der Waals surface area contributed by atoms with Crippen LogP contribution in [0.4, 0.5) is 0 Å². The molecule has 0 aromatic rings. The summed E-state index contributed by atoms with van der Waals surface area (Å²) in [6.07, 6.45) is -5.27. The topological polar surface area (TPSA) is 362 Å². The van der Waals surface area contributed by atoms with Crippen LogP contribution < -0.4 is 10.9 Å². The number of hydrazine groups is 2. The van der Waals surface area contributed by atoms with Gasteiger partial charge < -0.3 is 66.0 Å². The molecule has 0 aliphatic heterocycles. The van der Waals surface area contributed by atoms with Gasteiger partial charge in [0.2, 0.25) is 11.8 Å². The number of amides is 6. The number of rotatable bonds is 20. The summed E-state index contributed by atoms with van der Waals surface area (Å²) in [6.45, 7) is -3.34. The van der Waals surface area contributed by atoms with Gasteiger partial charge >= 0.3 is 0 Å². The number of nitrogens with zero attached hydrogens (tertiary/aromatic N) is 4. The Hall–Kier alpha value is -0.600. The molecule has 0 aromatic carbocycles. The van der Waals surface area contributed by atoms with Crippen molar-refractivity contribution in [2.45, 2.75) is 52.2 Å². The molecule has 362 valence electrons. The molecule has 0 heterocycles. The highest BCUT2D eigenvalue weighted by Crippen LogP contribution is 2.51. The zero-order valence-corrected chi connectivity index (χ0v) is 46.7. The zero-order chi connectivity index (χ0) is 49.2. The Balaban J connectivity index is 2.72. The van der Waals surface area contributed by atoms with Gasteiger partial charge in [0.15, 0.2) is 7.22 Å².